The van der Waals surface area contributed by atoms with Crippen molar-refractivity contribution in [2.24, 2.45) is 5.10 Å². The summed E-state index contributed by atoms with van der Waals surface area (Å²) in [5, 5.41) is 23.7. The van der Waals surface area contributed by atoms with Gasteiger partial charge in [0.15, 0.2) is 11.0 Å². The summed E-state index contributed by atoms with van der Waals surface area (Å²) in [6.45, 7) is 5.72. The van der Waals surface area contributed by atoms with E-state index < -0.39 is 0 Å². The molecule has 0 aliphatic carbocycles. The molecular formula is C28H27N5O3S. The molecule has 0 radical (unpaired) electrons. The number of para-hydroxylation sites is 1. The number of carbonyl (C=O) groups is 1. The van der Waals surface area contributed by atoms with Gasteiger partial charge in [-0.3, -0.25) is 9.36 Å². The molecule has 1 heterocycles. The highest BCUT2D eigenvalue weighted by Gasteiger charge is 2.17. The Morgan fingerprint density at radius 1 is 1.14 bits per heavy atom. The molecule has 0 bridgehead atoms. The summed E-state index contributed by atoms with van der Waals surface area (Å²) >= 11 is 1.25. The monoisotopic (exact) mass is 513 g/mol. The number of thioether (sulfide) groups is 1. The van der Waals surface area contributed by atoms with Crippen molar-refractivity contribution in [3.05, 3.63) is 96.1 Å². The SMILES string of the molecule is C=CCc1cccc(/C=N\NC(=O)CSc2nnc(-c3ccc(OC)cc3)n2-c2ccc(C)cc2)c1O. The fraction of sp³-hybridized carbons (Fsp3) is 0.143. The average molecular weight is 514 g/mol. The van der Waals surface area contributed by atoms with Crippen LogP contribution in [-0.4, -0.2) is 44.9 Å². The van der Waals surface area contributed by atoms with Crippen molar-refractivity contribution in [3.63, 3.8) is 0 Å². The normalized spacial score (nSPS) is 11.0. The lowest BCUT2D eigenvalue weighted by atomic mass is 10.1. The third-order valence-corrected chi connectivity index (χ3v) is 6.44. The maximum absolute atomic E-state index is 12.5. The van der Waals surface area contributed by atoms with Gasteiger partial charge in [0.2, 0.25) is 0 Å². The number of nitrogens with zero attached hydrogens (tertiary/aromatic N) is 4. The summed E-state index contributed by atoms with van der Waals surface area (Å²) < 4.78 is 7.19. The van der Waals surface area contributed by atoms with Crippen molar-refractivity contribution in [1.29, 1.82) is 0 Å². The number of aromatic hydroxyl groups is 1. The van der Waals surface area contributed by atoms with Gasteiger partial charge >= 0.3 is 0 Å². The molecule has 1 amide bonds. The Balaban J connectivity index is 1.50. The topological polar surface area (TPSA) is 102 Å². The minimum absolute atomic E-state index is 0.0758. The van der Waals surface area contributed by atoms with Crippen molar-refractivity contribution >= 4 is 23.9 Å². The van der Waals surface area contributed by atoms with Gasteiger partial charge in [-0.1, -0.05) is 47.7 Å². The fourth-order valence-corrected chi connectivity index (χ4v) is 4.33. The molecule has 8 nitrogen and oxygen atoms in total. The highest BCUT2D eigenvalue weighted by molar-refractivity contribution is 7.99. The lowest BCUT2D eigenvalue weighted by Crippen LogP contribution is -2.20. The zero-order valence-electron chi connectivity index (χ0n) is 20.6. The molecule has 0 fully saturated rings. The maximum atomic E-state index is 12.5. The van der Waals surface area contributed by atoms with E-state index in [-0.39, 0.29) is 17.4 Å². The molecule has 4 rings (SSSR count). The number of benzene rings is 3. The number of ether oxygens (including phenoxy) is 1. The van der Waals surface area contributed by atoms with Crippen molar-refractivity contribution < 1.29 is 14.6 Å². The van der Waals surface area contributed by atoms with Gasteiger partial charge in [-0.2, -0.15) is 5.10 Å². The number of aryl methyl sites for hydroxylation is 1. The molecule has 0 unspecified atom stereocenters. The van der Waals surface area contributed by atoms with Crippen molar-refractivity contribution in [2.75, 3.05) is 12.9 Å². The van der Waals surface area contributed by atoms with Gasteiger partial charge in [0.1, 0.15) is 11.5 Å². The van der Waals surface area contributed by atoms with Gasteiger partial charge in [-0.15, -0.1) is 16.8 Å². The van der Waals surface area contributed by atoms with Crippen LogP contribution in [0.3, 0.4) is 0 Å². The second-order valence-electron chi connectivity index (χ2n) is 8.14. The number of aromatic nitrogens is 3. The molecule has 0 saturated heterocycles. The number of rotatable bonds is 10. The lowest BCUT2D eigenvalue weighted by molar-refractivity contribution is -0.118. The third-order valence-electron chi connectivity index (χ3n) is 5.51. The standard InChI is InChI=1S/C28H27N5O3S/c1-4-6-20-7-5-8-22(26(20)35)17-29-30-25(34)18-37-28-32-31-27(21-11-15-24(36-3)16-12-21)33(28)23-13-9-19(2)10-14-23/h4-5,7-17,35H,1,6,18H2,2-3H3,(H,30,34)/b29-17-. The lowest BCUT2D eigenvalue weighted by Gasteiger charge is -2.11. The number of hydrogen-bond acceptors (Lipinski definition) is 7. The Labute approximate surface area is 219 Å². The van der Waals surface area contributed by atoms with E-state index in [0.29, 0.717) is 23.0 Å². The van der Waals surface area contributed by atoms with Crippen molar-refractivity contribution in [2.45, 2.75) is 18.5 Å². The molecule has 1 aromatic heterocycles. The van der Waals surface area contributed by atoms with E-state index >= 15 is 0 Å². The van der Waals surface area contributed by atoms with E-state index in [0.717, 1.165) is 28.1 Å². The summed E-state index contributed by atoms with van der Waals surface area (Å²) in [5.74, 6) is 1.28. The van der Waals surface area contributed by atoms with Crippen molar-refractivity contribution in [1.82, 2.24) is 20.2 Å². The Bertz CT molecular complexity index is 1410. The van der Waals surface area contributed by atoms with Crippen LogP contribution >= 0.6 is 11.8 Å². The number of hydrazone groups is 1. The van der Waals surface area contributed by atoms with E-state index in [4.69, 9.17) is 4.74 Å². The van der Waals surface area contributed by atoms with E-state index in [2.05, 4.69) is 27.3 Å². The van der Waals surface area contributed by atoms with Crippen LogP contribution in [-0.2, 0) is 11.2 Å². The average Bonchev–Trinajstić information content (AvgIpc) is 3.34. The van der Waals surface area contributed by atoms with Crippen LogP contribution < -0.4 is 10.2 Å². The molecule has 0 aliphatic heterocycles. The number of nitrogens with one attached hydrogen (secondary N) is 1. The first kappa shape index (κ1) is 25.7. The van der Waals surface area contributed by atoms with Crippen molar-refractivity contribution in [3.8, 4) is 28.6 Å². The highest BCUT2D eigenvalue weighted by atomic mass is 32.2. The van der Waals surface area contributed by atoms with Crippen LogP contribution in [0.5, 0.6) is 11.5 Å². The van der Waals surface area contributed by atoms with E-state index in [1.54, 1.807) is 19.3 Å². The molecule has 0 saturated carbocycles. The Kier molecular flexibility index (Phi) is 8.37. The van der Waals surface area contributed by atoms with Crippen LogP contribution in [0.15, 0.2) is 89.6 Å². The van der Waals surface area contributed by atoms with E-state index in [9.17, 15) is 9.90 Å². The second kappa shape index (κ2) is 12.0. The number of carbonyl (C=O) groups excluding carboxylic acids is 1. The summed E-state index contributed by atoms with van der Waals surface area (Å²) in [7, 11) is 1.62. The van der Waals surface area contributed by atoms with Crippen LogP contribution in [0.4, 0.5) is 0 Å². The Morgan fingerprint density at radius 3 is 2.59 bits per heavy atom. The number of methoxy groups -OCH3 is 1. The van der Waals surface area contributed by atoms with E-state index in [1.807, 2.05) is 72.2 Å². The zero-order valence-corrected chi connectivity index (χ0v) is 21.4. The minimum atomic E-state index is -0.313. The molecule has 0 atom stereocenters. The summed E-state index contributed by atoms with van der Waals surface area (Å²) in [4.78, 5) is 12.5. The summed E-state index contributed by atoms with van der Waals surface area (Å²) in [6.07, 6.45) is 3.67. The zero-order chi connectivity index (χ0) is 26.2. The third kappa shape index (κ3) is 6.25. The van der Waals surface area contributed by atoms with Crippen LogP contribution in [0.25, 0.3) is 17.1 Å². The van der Waals surface area contributed by atoms with E-state index in [1.165, 1.54) is 18.0 Å². The summed E-state index contributed by atoms with van der Waals surface area (Å²) in [6, 6.07) is 20.9. The minimum Gasteiger partial charge on any atom is -0.507 e. The number of hydrogen-bond donors (Lipinski definition) is 2. The summed E-state index contributed by atoms with van der Waals surface area (Å²) in [5.41, 5.74) is 6.64. The molecule has 37 heavy (non-hydrogen) atoms. The quantitative estimate of drug-likeness (QED) is 0.135. The number of amides is 1. The smallest absolute Gasteiger partial charge is 0.250 e. The van der Waals surface area contributed by atoms with Crippen LogP contribution in [0, 0.1) is 6.92 Å². The van der Waals surface area contributed by atoms with Gasteiger partial charge in [0, 0.05) is 16.8 Å². The van der Waals surface area contributed by atoms with Gasteiger partial charge in [-0.25, -0.2) is 5.43 Å². The number of allylic oxidation sites excluding steroid dienone is 1. The fourth-order valence-electron chi connectivity index (χ4n) is 3.59. The molecule has 188 valence electrons. The first-order valence-corrected chi connectivity index (χ1v) is 12.5. The number of phenolic OH excluding ortho intramolecular Hbond substituents is 1. The Hall–Kier alpha value is -4.37. The molecule has 3 aromatic carbocycles. The first-order valence-electron chi connectivity index (χ1n) is 11.5. The first-order chi connectivity index (χ1) is 18.0. The van der Waals surface area contributed by atoms with Gasteiger partial charge < -0.3 is 9.84 Å². The van der Waals surface area contributed by atoms with Gasteiger partial charge in [0.25, 0.3) is 5.91 Å². The predicted octanol–water partition coefficient (Wildman–Crippen LogP) is 4.93. The molecule has 0 aliphatic rings. The van der Waals surface area contributed by atoms with Crippen LogP contribution in [0.1, 0.15) is 16.7 Å². The number of phenols is 1. The maximum Gasteiger partial charge on any atom is 0.250 e. The van der Waals surface area contributed by atoms with Crippen LogP contribution in [0.2, 0.25) is 0 Å². The molecule has 0 spiro atoms. The molecule has 2 N–H and O–H groups in total. The van der Waals surface area contributed by atoms with Gasteiger partial charge in [-0.05, 0) is 61.4 Å². The highest BCUT2D eigenvalue weighted by Crippen LogP contribution is 2.29. The largest absolute Gasteiger partial charge is 0.507 e. The second-order valence-corrected chi connectivity index (χ2v) is 9.08. The Morgan fingerprint density at radius 2 is 1.89 bits per heavy atom. The van der Waals surface area contributed by atoms with Gasteiger partial charge in [0.05, 0.1) is 19.1 Å². The predicted molar refractivity (Wildman–Crippen MR) is 147 cm³/mol. The molecule has 9 heteroatoms. The molecular weight excluding hydrogens is 486 g/mol. The molecule has 4 aromatic rings.